The van der Waals surface area contributed by atoms with Gasteiger partial charge >= 0.3 is 6.36 Å². The summed E-state index contributed by atoms with van der Waals surface area (Å²) in [5, 5.41) is 9.24. The summed E-state index contributed by atoms with van der Waals surface area (Å²) in [5.41, 5.74) is 1.01. The number of hydrogen-bond acceptors (Lipinski definition) is 3. The van der Waals surface area contributed by atoms with Crippen LogP contribution in [0.4, 0.5) is 13.2 Å². The number of likely N-dealkylation sites (tertiary alicyclic amines) is 1. The van der Waals surface area contributed by atoms with E-state index < -0.39 is 6.36 Å². The molecule has 144 valence electrons. The number of ether oxygens (including phenoxy) is 1. The number of aliphatic hydroxyl groups is 1. The third-order valence-corrected chi connectivity index (χ3v) is 5.53. The van der Waals surface area contributed by atoms with Crippen LogP contribution < -0.4 is 4.74 Å². The number of amides is 1. The first-order chi connectivity index (χ1) is 12.2. The van der Waals surface area contributed by atoms with Crippen LogP contribution in [0.5, 0.6) is 5.75 Å². The Kier molecular flexibility index (Phi) is 5.19. The van der Waals surface area contributed by atoms with Crippen LogP contribution in [-0.4, -0.2) is 42.0 Å². The standard InChI is InChI=1S/C19H24F3NO3/c1-2-15(10-24)17(25)23-11-18(12-23)8-14(9-18)6-13-4-3-5-16(7-13)26-19(20,21)22/h3-5,7,14-15,24H,2,6,8-12H2,1H3/t15-/m1/s1. The molecule has 7 heteroatoms. The molecule has 4 nitrogen and oxygen atoms in total. The molecule has 1 saturated heterocycles. The summed E-state index contributed by atoms with van der Waals surface area (Å²) in [6.07, 6.45) is -1.35. The normalized spacial score (nSPS) is 20.4. The minimum absolute atomic E-state index is 0.0288. The zero-order valence-corrected chi connectivity index (χ0v) is 14.8. The van der Waals surface area contributed by atoms with Crippen LogP contribution in [0.25, 0.3) is 0 Å². The summed E-state index contributed by atoms with van der Waals surface area (Å²) in [4.78, 5) is 14.0. The van der Waals surface area contributed by atoms with E-state index in [0.29, 0.717) is 12.3 Å². The second-order valence-electron chi connectivity index (χ2n) is 7.66. The van der Waals surface area contributed by atoms with Gasteiger partial charge in [0, 0.05) is 18.5 Å². The average Bonchev–Trinajstić information content (AvgIpc) is 2.48. The minimum atomic E-state index is -4.67. The van der Waals surface area contributed by atoms with E-state index >= 15 is 0 Å². The zero-order chi connectivity index (χ0) is 18.9. The number of halogens is 3. The summed E-state index contributed by atoms with van der Waals surface area (Å²) in [5.74, 6) is -0.0343. The van der Waals surface area contributed by atoms with Gasteiger partial charge in [0.05, 0.1) is 12.5 Å². The second-order valence-corrected chi connectivity index (χ2v) is 7.66. The van der Waals surface area contributed by atoms with Crippen molar-refractivity contribution >= 4 is 5.91 Å². The molecule has 1 aromatic carbocycles. The smallest absolute Gasteiger partial charge is 0.406 e. The Labute approximate surface area is 150 Å². The van der Waals surface area contributed by atoms with Gasteiger partial charge in [0.15, 0.2) is 0 Å². The second kappa shape index (κ2) is 7.10. The molecular weight excluding hydrogens is 347 g/mol. The monoisotopic (exact) mass is 371 g/mol. The third-order valence-electron chi connectivity index (χ3n) is 5.53. The van der Waals surface area contributed by atoms with E-state index in [1.165, 1.54) is 12.1 Å². The topological polar surface area (TPSA) is 49.8 Å². The van der Waals surface area contributed by atoms with Crippen molar-refractivity contribution in [1.82, 2.24) is 4.90 Å². The molecule has 0 radical (unpaired) electrons. The van der Waals surface area contributed by atoms with Crippen molar-refractivity contribution in [2.24, 2.45) is 17.3 Å². The first kappa shape index (κ1) is 19.0. The fourth-order valence-electron chi connectivity index (χ4n) is 4.33. The lowest BCUT2D eigenvalue weighted by Gasteiger charge is -2.59. The maximum Gasteiger partial charge on any atom is 0.573 e. The molecule has 3 rings (SSSR count). The van der Waals surface area contributed by atoms with Gasteiger partial charge in [-0.1, -0.05) is 19.1 Å². The van der Waals surface area contributed by atoms with Crippen molar-refractivity contribution < 1.29 is 27.8 Å². The lowest BCUT2D eigenvalue weighted by molar-refractivity contribution is -0.274. The molecule has 1 amide bonds. The van der Waals surface area contributed by atoms with Crippen molar-refractivity contribution in [2.75, 3.05) is 19.7 Å². The van der Waals surface area contributed by atoms with E-state index in [2.05, 4.69) is 4.74 Å². The van der Waals surface area contributed by atoms with E-state index in [1.807, 2.05) is 17.9 Å². The van der Waals surface area contributed by atoms with Crippen molar-refractivity contribution in [2.45, 2.75) is 39.0 Å². The Morgan fingerprint density at radius 3 is 2.65 bits per heavy atom. The quantitative estimate of drug-likeness (QED) is 0.834. The number of hydrogen-bond donors (Lipinski definition) is 1. The molecule has 0 bridgehead atoms. The molecular formula is C19H24F3NO3. The van der Waals surface area contributed by atoms with Crippen molar-refractivity contribution in [3.05, 3.63) is 29.8 Å². The van der Waals surface area contributed by atoms with E-state index in [0.717, 1.165) is 37.9 Å². The van der Waals surface area contributed by atoms with Crippen molar-refractivity contribution in [3.8, 4) is 5.75 Å². The predicted molar refractivity (Wildman–Crippen MR) is 89.4 cm³/mol. The highest BCUT2D eigenvalue weighted by atomic mass is 19.4. The number of carbonyl (C=O) groups is 1. The molecule has 2 aliphatic rings. The van der Waals surface area contributed by atoms with Gasteiger partial charge in [-0.05, 0) is 49.3 Å². The first-order valence-corrected chi connectivity index (χ1v) is 8.98. The van der Waals surface area contributed by atoms with Crippen LogP contribution in [-0.2, 0) is 11.2 Å². The van der Waals surface area contributed by atoms with E-state index in [1.54, 1.807) is 6.07 Å². The Morgan fingerprint density at radius 2 is 2.08 bits per heavy atom. The molecule has 1 saturated carbocycles. The number of alkyl halides is 3. The van der Waals surface area contributed by atoms with Crippen LogP contribution >= 0.6 is 0 Å². The van der Waals surface area contributed by atoms with Crippen LogP contribution in [0, 0.1) is 17.3 Å². The summed E-state index contributed by atoms with van der Waals surface area (Å²) >= 11 is 0. The van der Waals surface area contributed by atoms with E-state index in [9.17, 15) is 23.1 Å². The average molecular weight is 371 g/mol. The van der Waals surface area contributed by atoms with Gasteiger partial charge in [-0.2, -0.15) is 0 Å². The Bertz CT molecular complexity index is 644. The Balaban J connectivity index is 1.47. The number of aliphatic hydroxyl groups excluding tert-OH is 1. The number of carbonyl (C=O) groups excluding carboxylic acids is 1. The number of nitrogens with zero attached hydrogens (tertiary/aromatic N) is 1. The molecule has 1 aliphatic heterocycles. The molecule has 1 N–H and O–H groups in total. The summed E-state index contributed by atoms with van der Waals surface area (Å²) in [6, 6.07) is 6.15. The third kappa shape index (κ3) is 4.14. The highest BCUT2D eigenvalue weighted by Crippen LogP contribution is 2.53. The van der Waals surface area contributed by atoms with Crippen LogP contribution in [0.15, 0.2) is 24.3 Å². The molecule has 26 heavy (non-hydrogen) atoms. The summed E-state index contributed by atoms with van der Waals surface area (Å²) < 4.78 is 40.9. The summed E-state index contributed by atoms with van der Waals surface area (Å²) in [6.45, 7) is 3.24. The van der Waals surface area contributed by atoms with Gasteiger partial charge in [0.2, 0.25) is 5.91 Å². The molecule has 1 spiro atoms. The highest BCUT2D eigenvalue weighted by molar-refractivity contribution is 5.80. The molecule has 1 atom stereocenters. The molecule has 2 fully saturated rings. The maximum absolute atomic E-state index is 12.3. The SMILES string of the molecule is CC[C@H](CO)C(=O)N1CC2(CC(Cc3cccc(OC(F)(F)F)c3)C2)C1. The van der Waals surface area contributed by atoms with Gasteiger partial charge in [0.1, 0.15) is 5.75 Å². The number of rotatable bonds is 6. The zero-order valence-electron chi connectivity index (χ0n) is 14.8. The van der Waals surface area contributed by atoms with Crippen molar-refractivity contribution in [1.29, 1.82) is 0 Å². The molecule has 1 aliphatic carbocycles. The van der Waals surface area contributed by atoms with Gasteiger partial charge < -0.3 is 14.7 Å². The Morgan fingerprint density at radius 1 is 1.38 bits per heavy atom. The minimum Gasteiger partial charge on any atom is -0.406 e. The molecule has 0 aromatic heterocycles. The predicted octanol–water partition coefficient (Wildman–Crippen LogP) is 3.38. The van der Waals surface area contributed by atoms with Crippen LogP contribution in [0.3, 0.4) is 0 Å². The summed E-state index contributed by atoms with van der Waals surface area (Å²) in [7, 11) is 0. The fourth-order valence-corrected chi connectivity index (χ4v) is 4.33. The Hall–Kier alpha value is -1.76. The maximum atomic E-state index is 12.3. The van der Waals surface area contributed by atoms with Gasteiger partial charge in [-0.3, -0.25) is 4.79 Å². The van der Waals surface area contributed by atoms with Crippen LogP contribution in [0.1, 0.15) is 31.7 Å². The van der Waals surface area contributed by atoms with E-state index in [4.69, 9.17) is 0 Å². The van der Waals surface area contributed by atoms with Crippen molar-refractivity contribution in [3.63, 3.8) is 0 Å². The van der Waals surface area contributed by atoms with E-state index in [-0.39, 0.29) is 29.6 Å². The highest BCUT2D eigenvalue weighted by Gasteiger charge is 2.53. The largest absolute Gasteiger partial charge is 0.573 e. The number of benzene rings is 1. The van der Waals surface area contributed by atoms with Gasteiger partial charge in [-0.25, -0.2) is 0 Å². The van der Waals surface area contributed by atoms with Crippen LogP contribution in [0.2, 0.25) is 0 Å². The lowest BCUT2D eigenvalue weighted by Crippen LogP contribution is -2.64. The first-order valence-electron chi connectivity index (χ1n) is 8.98. The lowest BCUT2D eigenvalue weighted by atomic mass is 9.56. The van der Waals surface area contributed by atoms with Gasteiger partial charge in [-0.15, -0.1) is 13.2 Å². The molecule has 1 heterocycles. The fraction of sp³-hybridized carbons (Fsp3) is 0.632. The van der Waals surface area contributed by atoms with Gasteiger partial charge in [0.25, 0.3) is 0 Å². The molecule has 1 aromatic rings. The molecule has 0 unspecified atom stereocenters.